The molecular formula is C19H36N2O. The van der Waals surface area contributed by atoms with Gasteiger partial charge in [0.25, 0.3) is 0 Å². The van der Waals surface area contributed by atoms with Crippen LogP contribution in [0.25, 0.3) is 0 Å². The number of rotatable bonds is 3. The van der Waals surface area contributed by atoms with E-state index < -0.39 is 0 Å². The van der Waals surface area contributed by atoms with Gasteiger partial charge in [-0.2, -0.15) is 0 Å². The molecule has 22 heavy (non-hydrogen) atoms. The Morgan fingerprint density at radius 1 is 1.09 bits per heavy atom. The number of nitrogens with one attached hydrogen (secondary N) is 2. The van der Waals surface area contributed by atoms with Crippen LogP contribution in [0.4, 0.5) is 0 Å². The van der Waals surface area contributed by atoms with Gasteiger partial charge in [0.05, 0.1) is 12.7 Å². The van der Waals surface area contributed by atoms with Gasteiger partial charge in [0.1, 0.15) is 0 Å². The first-order valence-electron chi connectivity index (χ1n) is 9.49. The molecule has 2 spiro atoms. The summed E-state index contributed by atoms with van der Waals surface area (Å²) in [5, 5.41) is 6.96. The molecule has 0 bridgehead atoms. The summed E-state index contributed by atoms with van der Waals surface area (Å²) in [6.45, 7) is 13.8. The molecule has 0 radical (unpaired) electrons. The molecule has 2 heterocycles. The van der Waals surface area contributed by atoms with Crippen molar-refractivity contribution in [3.63, 3.8) is 0 Å². The second-order valence-electron chi connectivity index (χ2n) is 9.24. The van der Waals surface area contributed by atoms with Gasteiger partial charge < -0.3 is 15.4 Å². The normalized spacial score (nSPS) is 31.6. The molecule has 0 aromatic rings. The van der Waals surface area contributed by atoms with E-state index in [0.29, 0.717) is 11.6 Å². The van der Waals surface area contributed by atoms with E-state index in [4.69, 9.17) is 4.74 Å². The lowest BCUT2D eigenvalue weighted by molar-refractivity contribution is -0.0208. The quantitative estimate of drug-likeness (QED) is 0.840. The lowest BCUT2D eigenvalue weighted by Crippen LogP contribution is -2.60. The summed E-state index contributed by atoms with van der Waals surface area (Å²) in [6, 6.07) is 0. The van der Waals surface area contributed by atoms with E-state index in [9.17, 15) is 0 Å². The highest BCUT2D eigenvalue weighted by Gasteiger charge is 2.48. The number of morpholine rings is 1. The minimum atomic E-state index is 0.424. The fourth-order valence-corrected chi connectivity index (χ4v) is 4.16. The fraction of sp³-hybridized carbons (Fsp3) is 1.00. The average molecular weight is 309 g/mol. The highest BCUT2D eigenvalue weighted by atomic mass is 16.5. The van der Waals surface area contributed by atoms with Gasteiger partial charge in [-0.05, 0) is 55.3 Å². The number of hydrogen-bond acceptors (Lipinski definition) is 3. The molecule has 2 saturated heterocycles. The molecule has 2 saturated carbocycles. The Kier molecular flexibility index (Phi) is 4.87. The van der Waals surface area contributed by atoms with Crippen LogP contribution in [-0.4, -0.2) is 37.9 Å². The molecule has 0 amide bonds. The third-order valence-corrected chi connectivity index (χ3v) is 6.22. The van der Waals surface area contributed by atoms with E-state index in [0.717, 1.165) is 36.3 Å². The Morgan fingerprint density at radius 2 is 1.77 bits per heavy atom. The molecule has 2 aliphatic heterocycles. The minimum Gasteiger partial charge on any atom is -0.375 e. The second-order valence-corrected chi connectivity index (χ2v) is 9.24. The van der Waals surface area contributed by atoms with Gasteiger partial charge in [-0.1, -0.05) is 27.7 Å². The smallest absolute Gasteiger partial charge is 0.0703 e. The Bertz CT molecular complexity index is 354. The summed E-state index contributed by atoms with van der Waals surface area (Å²) in [5.41, 5.74) is 1.21. The largest absolute Gasteiger partial charge is 0.375 e. The van der Waals surface area contributed by atoms with Crippen LogP contribution in [0.3, 0.4) is 0 Å². The maximum absolute atomic E-state index is 5.80. The van der Waals surface area contributed by atoms with Crippen molar-refractivity contribution in [1.29, 1.82) is 0 Å². The first kappa shape index (κ1) is 16.7. The molecule has 2 aliphatic carbocycles. The highest BCUT2D eigenvalue weighted by molar-refractivity contribution is 5.04. The highest BCUT2D eigenvalue weighted by Crippen LogP contribution is 2.51. The summed E-state index contributed by atoms with van der Waals surface area (Å²) in [4.78, 5) is 0. The third-order valence-electron chi connectivity index (χ3n) is 6.22. The summed E-state index contributed by atoms with van der Waals surface area (Å²) < 4.78 is 5.80. The standard InChI is InChI=1S/C10H19NO.C9H17N/c1-8(2)5-9-6-11-10(3-4-10)7-12-9;1-7(2)8-3-9(4-8)5-10-6-9/h8-9,11H,3-7H2,1-2H3;7-8,10H,3-6H2,1-2H3. The monoisotopic (exact) mass is 308 g/mol. The molecule has 4 aliphatic rings. The number of ether oxygens (including phenoxy) is 1. The fourth-order valence-electron chi connectivity index (χ4n) is 4.16. The molecule has 0 aromatic carbocycles. The molecule has 2 N–H and O–H groups in total. The van der Waals surface area contributed by atoms with Crippen molar-refractivity contribution in [2.75, 3.05) is 26.2 Å². The minimum absolute atomic E-state index is 0.424. The van der Waals surface area contributed by atoms with Crippen LogP contribution >= 0.6 is 0 Å². The first-order chi connectivity index (χ1) is 10.4. The summed E-state index contributed by atoms with van der Waals surface area (Å²) in [7, 11) is 0. The van der Waals surface area contributed by atoms with Gasteiger partial charge in [0.2, 0.25) is 0 Å². The molecule has 0 aromatic heterocycles. The molecule has 3 heteroatoms. The Morgan fingerprint density at radius 3 is 2.14 bits per heavy atom. The van der Waals surface area contributed by atoms with Crippen LogP contribution in [0.15, 0.2) is 0 Å². The molecule has 1 atom stereocenters. The maximum atomic E-state index is 5.80. The van der Waals surface area contributed by atoms with Gasteiger partial charge in [0, 0.05) is 25.2 Å². The van der Waals surface area contributed by atoms with Crippen molar-refractivity contribution < 1.29 is 4.74 Å². The topological polar surface area (TPSA) is 33.3 Å². The van der Waals surface area contributed by atoms with Crippen molar-refractivity contribution in [3.05, 3.63) is 0 Å². The second kappa shape index (κ2) is 6.41. The van der Waals surface area contributed by atoms with Crippen LogP contribution in [0, 0.1) is 23.2 Å². The van der Waals surface area contributed by atoms with Gasteiger partial charge in [-0.3, -0.25) is 0 Å². The number of hydrogen-bond donors (Lipinski definition) is 2. The van der Waals surface area contributed by atoms with Crippen molar-refractivity contribution in [1.82, 2.24) is 10.6 Å². The van der Waals surface area contributed by atoms with E-state index in [1.807, 2.05) is 0 Å². The van der Waals surface area contributed by atoms with E-state index >= 15 is 0 Å². The van der Waals surface area contributed by atoms with Gasteiger partial charge >= 0.3 is 0 Å². The van der Waals surface area contributed by atoms with Gasteiger partial charge in [0.15, 0.2) is 0 Å². The molecular weight excluding hydrogens is 272 g/mol. The molecule has 4 fully saturated rings. The van der Waals surface area contributed by atoms with Crippen molar-refractivity contribution in [2.45, 2.75) is 71.4 Å². The first-order valence-corrected chi connectivity index (χ1v) is 9.49. The van der Waals surface area contributed by atoms with Crippen molar-refractivity contribution >= 4 is 0 Å². The predicted molar refractivity (Wildman–Crippen MR) is 92.0 cm³/mol. The predicted octanol–water partition coefficient (Wildman–Crippen LogP) is 3.20. The summed E-state index contributed by atoms with van der Waals surface area (Å²) >= 11 is 0. The lowest BCUT2D eigenvalue weighted by Gasteiger charge is -2.55. The van der Waals surface area contributed by atoms with Crippen LogP contribution in [0.2, 0.25) is 0 Å². The summed E-state index contributed by atoms with van der Waals surface area (Å²) in [5.74, 6) is 2.72. The van der Waals surface area contributed by atoms with Crippen molar-refractivity contribution in [2.24, 2.45) is 23.2 Å². The van der Waals surface area contributed by atoms with E-state index in [-0.39, 0.29) is 0 Å². The van der Waals surface area contributed by atoms with Crippen LogP contribution < -0.4 is 10.6 Å². The van der Waals surface area contributed by atoms with E-state index in [1.54, 1.807) is 0 Å². The van der Waals surface area contributed by atoms with E-state index in [2.05, 4.69) is 38.3 Å². The zero-order valence-corrected chi connectivity index (χ0v) is 15.1. The van der Waals surface area contributed by atoms with Gasteiger partial charge in [-0.25, -0.2) is 0 Å². The van der Waals surface area contributed by atoms with Crippen LogP contribution in [-0.2, 0) is 4.74 Å². The molecule has 4 rings (SSSR count). The Hall–Kier alpha value is -0.120. The van der Waals surface area contributed by atoms with Crippen LogP contribution in [0.1, 0.15) is 59.8 Å². The molecule has 3 nitrogen and oxygen atoms in total. The summed E-state index contributed by atoms with van der Waals surface area (Å²) in [6.07, 6.45) is 7.30. The SMILES string of the molecule is CC(C)C1CC2(CNC2)C1.CC(C)CC1CNC2(CC2)CO1. The lowest BCUT2D eigenvalue weighted by atomic mass is 9.56. The third kappa shape index (κ3) is 3.85. The zero-order valence-electron chi connectivity index (χ0n) is 15.1. The molecule has 128 valence electrons. The Labute approximate surface area is 137 Å². The zero-order chi connectivity index (χ0) is 15.8. The van der Waals surface area contributed by atoms with E-state index in [1.165, 1.54) is 45.2 Å². The van der Waals surface area contributed by atoms with Crippen molar-refractivity contribution in [3.8, 4) is 0 Å². The average Bonchev–Trinajstić information content (AvgIpc) is 3.09. The van der Waals surface area contributed by atoms with Gasteiger partial charge in [-0.15, -0.1) is 0 Å². The Balaban J connectivity index is 0.000000133. The molecule has 1 unspecified atom stereocenters. The maximum Gasteiger partial charge on any atom is 0.0703 e. The van der Waals surface area contributed by atoms with Crippen LogP contribution in [0.5, 0.6) is 0 Å².